The number of likely N-dealkylation sites (N-methyl/N-ethyl adjacent to an activating group) is 1. The first kappa shape index (κ1) is 19.2. The lowest BCUT2D eigenvalue weighted by Gasteiger charge is -2.12. The van der Waals surface area contributed by atoms with E-state index >= 15 is 0 Å². The molecule has 3 heterocycles. The van der Waals surface area contributed by atoms with E-state index < -0.39 is 0 Å². The second-order valence-corrected chi connectivity index (χ2v) is 7.38. The zero-order valence-electron chi connectivity index (χ0n) is 17.7. The number of ether oxygens (including phenoxy) is 2. The molecule has 0 N–H and O–H groups in total. The first-order valence-corrected chi connectivity index (χ1v) is 9.52. The highest BCUT2D eigenvalue weighted by Crippen LogP contribution is 2.32. The number of rotatable bonds is 6. The topological polar surface area (TPSA) is 69.7 Å². The predicted molar refractivity (Wildman–Crippen MR) is 113 cm³/mol. The van der Waals surface area contributed by atoms with Crippen LogP contribution in [0.25, 0.3) is 28.1 Å². The van der Waals surface area contributed by atoms with Crippen LogP contribution in [-0.4, -0.2) is 63.9 Å². The molecule has 29 heavy (non-hydrogen) atoms. The molecule has 1 aromatic carbocycles. The van der Waals surface area contributed by atoms with Gasteiger partial charge in [-0.05, 0) is 51.7 Å². The average Bonchev–Trinajstić information content (AvgIpc) is 3.25. The fourth-order valence-electron chi connectivity index (χ4n) is 3.60. The van der Waals surface area contributed by atoms with Crippen LogP contribution in [0.1, 0.15) is 11.3 Å². The summed E-state index contributed by atoms with van der Waals surface area (Å²) in [7, 11) is 7.39. The maximum absolute atomic E-state index is 5.42. The van der Waals surface area contributed by atoms with E-state index in [1.54, 1.807) is 25.1 Å². The molecule has 0 unspecified atom stereocenters. The fraction of sp³-hybridized carbons (Fsp3) is 0.381. The number of methoxy groups -OCH3 is 2. The number of fused-ring (bicyclic) bond motifs is 3. The SMILES string of the molecule is COc1ccc(-c2nc3c4c(C)c(C)n(CCN(C)C)c4ncn3n2)cc1OC. The Morgan fingerprint density at radius 3 is 2.48 bits per heavy atom. The summed E-state index contributed by atoms with van der Waals surface area (Å²) in [4.78, 5) is 11.7. The molecule has 0 saturated heterocycles. The van der Waals surface area contributed by atoms with Crippen molar-refractivity contribution in [3.63, 3.8) is 0 Å². The first-order valence-electron chi connectivity index (χ1n) is 9.52. The van der Waals surface area contributed by atoms with E-state index in [0.29, 0.717) is 17.3 Å². The van der Waals surface area contributed by atoms with Gasteiger partial charge in [0.05, 0.1) is 19.6 Å². The molecular weight excluding hydrogens is 368 g/mol. The molecule has 0 saturated carbocycles. The molecule has 152 valence electrons. The minimum Gasteiger partial charge on any atom is -0.493 e. The maximum Gasteiger partial charge on any atom is 0.182 e. The molecule has 0 spiro atoms. The van der Waals surface area contributed by atoms with Gasteiger partial charge in [-0.15, -0.1) is 5.10 Å². The smallest absolute Gasteiger partial charge is 0.182 e. The monoisotopic (exact) mass is 394 g/mol. The summed E-state index contributed by atoms with van der Waals surface area (Å²) < 4.78 is 14.8. The number of aryl methyl sites for hydroxylation is 1. The Bertz CT molecular complexity index is 1190. The van der Waals surface area contributed by atoms with Crippen molar-refractivity contribution in [2.45, 2.75) is 20.4 Å². The summed E-state index contributed by atoms with van der Waals surface area (Å²) >= 11 is 0. The summed E-state index contributed by atoms with van der Waals surface area (Å²) in [5, 5.41) is 5.69. The molecule has 0 fully saturated rings. The number of hydrogen-bond donors (Lipinski definition) is 0. The van der Waals surface area contributed by atoms with Crippen LogP contribution in [0.5, 0.6) is 11.5 Å². The van der Waals surface area contributed by atoms with Crippen LogP contribution >= 0.6 is 0 Å². The lowest BCUT2D eigenvalue weighted by atomic mass is 10.2. The lowest BCUT2D eigenvalue weighted by molar-refractivity contribution is 0.355. The van der Waals surface area contributed by atoms with E-state index in [1.165, 1.54) is 11.3 Å². The summed E-state index contributed by atoms with van der Waals surface area (Å²) in [6, 6.07) is 5.68. The molecule has 0 aliphatic carbocycles. The van der Waals surface area contributed by atoms with Crippen molar-refractivity contribution in [3.05, 3.63) is 35.8 Å². The van der Waals surface area contributed by atoms with Crippen molar-refractivity contribution in [2.75, 3.05) is 34.9 Å². The van der Waals surface area contributed by atoms with Gasteiger partial charge in [-0.1, -0.05) is 0 Å². The van der Waals surface area contributed by atoms with Crippen molar-refractivity contribution < 1.29 is 9.47 Å². The number of nitrogens with zero attached hydrogens (tertiary/aromatic N) is 6. The predicted octanol–water partition coefficient (Wildman–Crippen LogP) is 2.94. The first-order chi connectivity index (χ1) is 13.9. The molecule has 0 bridgehead atoms. The van der Waals surface area contributed by atoms with Crippen LogP contribution in [0.4, 0.5) is 0 Å². The third-order valence-electron chi connectivity index (χ3n) is 5.36. The normalized spacial score (nSPS) is 11.7. The maximum atomic E-state index is 5.42. The highest BCUT2D eigenvalue weighted by Gasteiger charge is 2.19. The van der Waals surface area contributed by atoms with Gasteiger partial charge in [-0.2, -0.15) is 0 Å². The minimum absolute atomic E-state index is 0.623. The highest BCUT2D eigenvalue weighted by atomic mass is 16.5. The highest BCUT2D eigenvalue weighted by molar-refractivity contribution is 5.94. The molecule has 8 nitrogen and oxygen atoms in total. The molecule has 4 aromatic rings. The van der Waals surface area contributed by atoms with Gasteiger partial charge in [0.1, 0.15) is 12.0 Å². The van der Waals surface area contributed by atoms with Gasteiger partial charge >= 0.3 is 0 Å². The lowest BCUT2D eigenvalue weighted by Crippen LogP contribution is -2.19. The molecular formula is C21H26N6O2. The van der Waals surface area contributed by atoms with Gasteiger partial charge in [-0.25, -0.2) is 14.5 Å². The van der Waals surface area contributed by atoms with E-state index in [4.69, 9.17) is 19.4 Å². The Morgan fingerprint density at radius 1 is 1.03 bits per heavy atom. The third kappa shape index (κ3) is 3.19. The Balaban J connectivity index is 1.86. The van der Waals surface area contributed by atoms with Gasteiger partial charge in [-0.3, -0.25) is 0 Å². The van der Waals surface area contributed by atoms with Gasteiger partial charge in [0, 0.05) is 24.3 Å². The summed E-state index contributed by atoms with van der Waals surface area (Å²) in [5.41, 5.74) is 5.01. The zero-order valence-corrected chi connectivity index (χ0v) is 17.7. The van der Waals surface area contributed by atoms with Gasteiger partial charge < -0.3 is 18.9 Å². The van der Waals surface area contributed by atoms with Crippen molar-refractivity contribution in [2.24, 2.45) is 0 Å². The van der Waals surface area contributed by atoms with Crippen LogP contribution in [-0.2, 0) is 6.54 Å². The van der Waals surface area contributed by atoms with E-state index in [2.05, 4.69) is 42.5 Å². The Labute approximate surface area is 169 Å². The molecule has 3 aromatic heterocycles. The minimum atomic E-state index is 0.623. The van der Waals surface area contributed by atoms with E-state index in [0.717, 1.165) is 35.3 Å². The van der Waals surface area contributed by atoms with Crippen LogP contribution < -0.4 is 9.47 Å². The van der Waals surface area contributed by atoms with Crippen molar-refractivity contribution in [1.29, 1.82) is 0 Å². The standard InChI is InChI=1S/C21H26N6O2/c1-13-14(2)26(10-9-25(3)4)20-18(13)21-23-19(24-27(21)12-22-20)15-7-8-16(28-5)17(11-15)29-6/h7-8,11-12H,9-10H2,1-6H3. The Morgan fingerprint density at radius 2 is 1.79 bits per heavy atom. The number of hydrogen-bond acceptors (Lipinski definition) is 6. The third-order valence-corrected chi connectivity index (χ3v) is 5.36. The number of benzene rings is 1. The molecule has 8 heteroatoms. The van der Waals surface area contributed by atoms with Crippen LogP contribution in [0.15, 0.2) is 24.5 Å². The second kappa shape index (κ2) is 7.36. The Hall–Kier alpha value is -3.13. The van der Waals surface area contributed by atoms with Crippen LogP contribution in [0.3, 0.4) is 0 Å². The van der Waals surface area contributed by atoms with Gasteiger partial charge in [0.2, 0.25) is 0 Å². The molecule has 0 amide bonds. The average molecular weight is 394 g/mol. The molecule has 0 aliphatic heterocycles. The second-order valence-electron chi connectivity index (χ2n) is 7.38. The fourth-order valence-corrected chi connectivity index (χ4v) is 3.60. The number of aromatic nitrogens is 5. The van der Waals surface area contributed by atoms with Crippen molar-refractivity contribution in [3.8, 4) is 22.9 Å². The Kier molecular flexibility index (Phi) is 4.87. The van der Waals surface area contributed by atoms with Crippen LogP contribution in [0.2, 0.25) is 0 Å². The van der Waals surface area contributed by atoms with Crippen molar-refractivity contribution >= 4 is 16.7 Å². The van der Waals surface area contributed by atoms with Crippen LogP contribution in [0, 0.1) is 13.8 Å². The molecule has 0 atom stereocenters. The zero-order chi connectivity index (χ0) is 20.7. The van der Waals surface area contributed by atoms with E-state index in [-0.39, 0.29) is 0 Å². The summed E-state index contributed by atoms with van der Waals surface area (Å²) in [6.07, 6.45) is 1.74. The summed E-state index contributed by atoms with van der Waals surface area (Å²) in [6.45, 7) is 6.08. The summed E-state index contributed by atoms with van der Waals surface area (Å²) in [5.74, 6) is 1.95. The quantitative estimate of drug-likeness (QED) is 0.501. The largest absolute Gasteiger partial charge is 0.493 e. The van der Waals surface area contributed by atoms with Gasteiger partial charge in [0.15, 0.2) is 23.0 Å². The molecule has 0 aliphatic rings. The van der Waals surface area contributed by atoms with E-state index in [9.17, 15) is 0 Å². The van der Waals surface area contributed by atoms with Gasteiger partial charge in [0.25, 0.3) is 0 Å². The van der Waals surface area contributed by atoms with Crippen molar-refractivity contribution in [1.82, 2.24) is 29.0 Å². The van der Waals surface area contributed by atoms with E-state index in [1.807, 2.05) is 18.2 Å². The molecule has 4 rings (SSSR count). The molecule has 0 radical (unpaired) electrons.